The van der Waals surface area contributed by atoms with Gasteiger partial charge in [0.25, 0.3) is 0 Å². The highest BCUT2D eigenvalue weighted by molar-refractivity contribution is 7.09. The molecule has 0 amide bonds. The SMILES string of the molecule is COc1ccc(-c2csc(CNc3cc(N(C)C)ncn3)n2)cc1. The molecule has 0 spiro atoms. The number of ether oxygens (including phenoxy) is 1. The zero-order valence-electron chi connectivity index (χ0n) is 13.9. The number of benzene rings is 1. The molecule has 0 saturated carbocycles. The third-order valence-electron chi connectivity index (χ3n) is 3.47. The second-order valence-electron chi connectivity index (χ2n) is 5.36. The van der Waals surface area contributed by atoms with E-state index >= 15 is 0 Å². The van der Waals surface area contributed by atoms with E-state index in [0.29, 0.717) is 6.54 Å². The maximum atomic E-state index is 5.18. The van der Waals surface area contributed by atoms with Gasteiger partial charge in [0.2, 0.25) is 0 Å². The van der Waals surface area contributed by atoms with Gasteiger partial charge in [-0.05, 0) is 24.3 Å². The first kappa shape index (κ1) is 16.2. The van der Waals surface area contributed by atoms with Crippen molar-refractivity contribution in [3.05, 3.63) is 47.0 Å². The van der Waals surface area contributed by atoms with Gasteiger partial charge in [0.15, 0.2) is 0 Å². The fourth-order valence-electron chi connectivity index (χ4n) is 2.14. The van der Waals surface area contributed by atoms with Crippen LogP contribution >= 0.6 is 11.3 Å². The maximum Gasteiger partial charge on any atom is 0.133 e. The minimum atomic E-state index is 0.630. The van der Waals surface area contributed by atoms with E-state index in [4.69, 9.17) is 4.74 Å². The second-order valence-corrected chi connectivity index (χ2v) is 6.31. The highest BCUT2D eigenvalue weighted by atomic mass is 32.1. The van der Waals surface area contributed by atoms with Crippen molar-refractivity contribution < 1.29 is 4.74 Å². The molecule has 24 heavy (non-hydrogen) atoms. The lowest BCUT2D eigenvalue weighted by Crippen LogP contribution is -2.11. The largest absolute Gasteiger partial charge is 0.497 e. The predicted molar refractivity (Wildman–Crippen MR) is 97.8 cm³/mol. The average molecular weight is 341 g/mol. The summed E-state index contributed by atoms with van der Waals surface area (Å²) >= 11 is 1.63. The van der Waals surface area contributed by atoms with Gasteiger partial charge in [0.1, 0.15) is 28.7 Å². The van der Waals surface area contributed by atoms with Crippen molar-refractivity contribution in [1.29, 1.82) is 0 Å². The van der Waals surface area contributed by atoms with Crippen LogP contribution in [0.2, 0.25) is 0 Å². The highest BCUT2D eigenvalue weighted by Crippen LogP contribution is 2.24. The lowest BCUT2D eigenvalue weighted by atomic mass is 10.2. The summed E-state index contributed by atoms with van der Waals surface area (Å²) in [5.74, 6) is 2.50. The van der Waals surface area contributed by atoms with Crippen molar-refractivity contribution in [1.82, 2.24) is 15.0 Å². The van der Waals surface area contributed by atoms with Gasteiger partial charge in [-0.1, -0.05) is 0 Å². The van der Waals surface area contributed by atoms with Crippen LogP contribution in [-0.4, -0.2) is 36.2 Å². The molecule has 2 heterocycles. The van der Waals surface area contributed by atoms with E-state index in [-0.39, 0.29) is 0 Å². The lowest BCUT2D eigenvalue weighted by molar-refractivity contribution is 0.415. The minimum Gasteiger partial charge on any atom is -0.497 e. The Labute approximate surface area is 145 Å². The van der Waals surface area contributed by atoms with E-state index in [2.05, 4.69) is 25.6 Å². The van der Waals surface area contributed by atoms with Gasteiger partial charge in [0.05, 0.1) is 19.3 Å². The summed E-state index contributed by atoms with van der Waals surface area (Å²) in [4.78, 5) is 15.1. The minimum absolute atomic E-state index is 0.630. The molecule has 0 atom stereocenters. The van der Waals surface area contributed by atoms with Gasteiger partial charge >= 0.3 is 0 Å². The van der Waals surface area contributed by atoms with Crippen molar-refractivity contribution >= 4 is 23.0 Å². The second kappa shape index (κ2) is 7.27. The summed E-state index contributed by atoms with van der Waals surface area (Å²) in [5, 5.41) is 6.35. The molecule has 0 bridgehead atoms. The number of anilines is 2. The first-order valence-corrected chi connectivity index (χ1v) is 8.36. The molecule has 2 aromatic heterocycles. The molecule has 3 rings (SSSR count). The first-order chi connectivity index (χ1) is 11.7. The smallest absolute Gasteiger partial charge is 0.133 e. The quantitative estimate of drug-likeness (QED) is 0.742. The summed E-state index contributed by atoms with van der Waals surface area (Å²) in [6.45, 7) is 0.630. The molecule has 1 aromatic carbocycles. The number of thiazole rings is 1. The van der Waals surface area contributed by atoms with E-state index in [1.165, 1.54) is 0 Å². The molecule has 1 N–H and O–H groups in total. The van der Waals surface area contributed by atoms with Crippen LogP contribution in [0.4, 0.5) is 11.6 Å². The average Bonchev–Trinajstić information content (AvgIpc) is 3.09. The van der Waals surface area contributed by atoms with Gasteiger partial charge in [-0.25, -0.2) is 15.0 Å². The Hall–Kier alpha value is -2.67. The fraction of sp³-hybridized carbons (Fsp3) is 0.235. The van der Waals surface area contributed by atoms with Crippen LogP contribution in [0.15, 0.2) is 42.0 Å². The Kier molecular flexibility index (Phi) is 4.90. The third-order valence-corrected chi connectivity index (χ3v) is 4.32. The van der Waals surface area contributed by atoms with Crippen LogP contribution in [0.5, 0.6) is 5.75 Å². The Morgan fingerprint density at radius 1 is 1.17 bits per heavy atom. The van der Waals surface area contributed by atoms with Gasteiger partial charge in [-0.2, -0.15) is 0 Å². The molecular weight excluding hydrogens is 322 g/mol. The van der Waals surface area contributed by atoms with Crippen molar-refractivity contribution in [3.8, 4) is 17.0 Å². The van der Waals surface area contributed by atoms with Crippen LogP contribution < -0.4 is 15.0 Å². The van der Waals surface area contributed by atoms with E-state index in [9.17, 15) is 0 Å². The van der Waals surface area contributed by atoms with Crippen LogP contribution in [0.3, 0.4) is 0 Å². The zero-order chi connectivity index (χ0) is 16.9. The summed E-state index contributed by atoms with van der Waals surface area (Å²) in [7, 11) is 5.57. The molecule has 0 fully saturated rings. The van der Waals surface area contributed by atoms with E-state index < -0.39 is 0 Å². The molecule has 0 unspecified atom stereocenters. The fourth-order valence-corrected chi connectivity index (χ4v) is 2.88. The van der Waals surface area contributed by atoms with Crippen LogP contribution in [-0.2, 0) is 6.54 Å². The summed E-state index contributed by atoms with van der Waals surface area (Å²) < 4.78 is 5.18. The van der Waals surface area contributed by atoms with E-state index in [1.807, 2.05) is 49.3 Å². The number of nitrogens with zero attached hydrogens (tertiary/aromatic N) is 4. The zero-order valence-corrected chi connectivity index (χ0v) is 14.7. The van der Waals surface area contributed by atoms with Gasteiger partial charge in [-0.15, -0.1) is 11.3 Å². The third kappa shape index (κ3) is 3.80. The molecule has 0 aliphatic carbocycles. The molecule has 3 aromatic rings. The number of nitrogens with one attached hydrogen (secondary N) is 1. The van der Waals surface area contributed by atoms with E-state index in [0.717, 1.165) is 33.7 Å². The monoisotopic (exact) mass is 341 g/mol. The Morgan fingerprint density at radius 2 is 1.96 bits per heavy atom. The predicted octanol–water partition coefficient (Wildman–Crippen LogP) is 3.29. The van der Waals surface area contributed by atoms with E-state index in [1.54, 1.807) is 24.8 Å². The Bertz CT molecular complexity index is 801. The molecule has 0 aliphatic rings. The normalized spacial score (nSPS) is 10.5. The topological polar surface area (TPSA) is 63.2 Å². The Morgan fingerprint density at radius 3 is 2.67 bits per heavy atom. The lowest BCUT2D eigenvalue weighted by Gasteiger charge is -2.11. The number of methoxy groups -OCH3 is 1. The molecule has 6 nitrogen and oxygen atoms in total. The van der Waals surface area contributed by atoms with Crippen molar-refractivity contribution in [2.24, 2.45) is 0 Å². The molecule has 7 heteroatoms. The van der Waals surface area contributed by atoms with Crippen molar-refractivity contribution in [2.45, 2.75) is 6.54 Å². The highest BCUT2D eigenvalue weighted by Gasteiger charge is 2.06. The summed E-state index contributed by atoms with van der Waals surface area (Å²) in [6, 6.07) is 9.82. The van der Waals surface area contributed by atoms with Crippen molar-refractivity contribution in [3.63, 3.8) is 0 Å². The first-order valence-electron chi connectivity index (χ1n) is 7.48. The van der Waals surface area contributed by atoms with Crippen LogP contribution in [0.25, 0.3) is 11.3 Å². The molecule has 0 aliphatic heterocycles. The van der Waals surface area contributed by atoms with Crippen LogP contribution in [0.1, 0.15) is 5.01 Å². The number of rotatable bonds is 6. The number of hydrogen-bond donors (Lipinski definition) is 1. The summed E-state index contributed by atoms with van der Waals surface area (Å²) in [6.07, 6.45) is 1.56. The summed E-state index contributed by atoms with van der Waals surface area (Å²) in [5.41, 5.74) is 2.05. The molecule has 0 radical (unpaired) electrons. The Balaban J connectivity index is 1.66. The van der Waals surface area contributed by atoms with Crippen molar-refractivity contribution in [2.75, 3.05) is 31.4 Å². The maximum absolute atomic E-state index is 5.18. The molecule has 124 valence electrons. The van der Waals surface area contributed by atoms with Gasteiger partial charge < -0.3 is 15.0 Å². The number of hydrogen-bond acceptors (Lipinski definition) is 7. The van der Waals surface area contributed by atoms with Crippen LogP contribution in [0, 0.1) is 0 Å². The van der Waals surface area contributed by atoms with Gasteiger partial charge in [-0.3, -0.25) is 0 Å². The molecular formula is C17H19N5OS. The standard InChI is InChI=1S/C17H19N5OS/c1-22(2)16-8-15(19-11-20-16)18-9-17-21-14(10-24-17)12-4-6-13(23-3)7-5-12/h4-8,10-11H,9H2,1-3H3,(H,18,19,20). The number of aromatic nitrogens is 3. The molecule has 0 saturated heterocycles. The van der Waals surface area contributed by atoms with Gasteiger partial charge in [0, 0.05) is 31.1 Å².